The molecule has 0 aliphatic rings. The van der Waals surface area contributed by atoms with E-state index in [1.54, 1.807) is 24.8 Å². The summed E-state index contributed by atoms with van der Waals surface area (Å²) < 4.78 is 5.57. The monoisotopic (exact) mass is 258 g/mol. The first-order chi connectivity index (χ1) is 9.15. The summed E-state index contributed by atoms with van der Waals surface area (Å²) in [4.78, 5) is 8.06. The van der Waals surface area contributed by atoms with Crippen LogP contribution in [0.5, 0.6) is 5.75 Å². The molecular formula is C15H18N2O2. The fourth-order valence-electron chi connectivity index (χ4n) is 1.81. The third kappa shape index (κ3) is 4.03. The van der Waals surface area contributed by atoms with Gasteiger partial charge in [-0.3, -0.25) is 9.97 Å². The average molecular weight is 258 g/mol. The predicted molar refractivity (Wildman–Crippen MR) is 72.9 cm³/mol. The third-order valence-corrected chi connectivity index (χ3v) is 2.67. The van der Waals surface area contributed by atoms with Crippen molar-refractivity contribution < 1.29 is 9.84 Å². The number of hydrogen-bond donors (Lipinski definition) is 1. The van der Waals surface area contributed by atoms with Crippen molar-refractivity contribution in [3.05, 3.63) is 54.1 Å². The van der Waals surface area contributed by atoms with E-state index in [4.69, 9.17) is 4.74 Å². The average Bonchev–Trinajstić information content (AvgIpc) is 2.39. The van der Waals surface area contributed by atoms with Gasteiger partial charge in [0.15, 0.2) is 0 Å². The molecule has 100 valence electrons. The largest absolute Gasteiger partial charge is 0.489 e. The summed E-state index contributed by atoms with van der Waals surface area (Å²) in [7, 11) is 0. The van der Waals surface area contributed by atoms with Crippen LogP contribution in [0.4, 0.5) is 0 Å². The second kappa shape index (κ2) is 6.29. The minimum Gasteiger partial charge on any atom is -0.489 e. The highest BCUT2D eigenvalue weighted by Crippen LogP contribution is 2.21. The number of aliphatic hydroxyl groups is 1. The van der Waals surface area contributed by atoms with Crippen molar-refractivity contribution in [1.82, 2.24) is 9.97 Å². The number of hydrogen-bond acceptors (Lipinski definition) is 4. The lowest BCUT2D eigenvalue weighted by atomic mass is 10.0. The van der Waals surface area contributed by atoms with E-state index in [9.17, 15) is 5.11 Å². The predicted octanol–water partition coefficient (Wildman–Crippen LogP) is 2.54. The lowest BCUT2D eigenvalue weighted by molar-refractivity contribution is 0.176. The van der Waals surface area contributed by atoms with Crippen LogP contribution in [0.15, 0.2) is 43.0 Å². The van der Waals surface area contributed by atoms with Crippen LogP contribution in [0.25, 0.3) is 0 Å². The first-order valence-electron chi connectivity index (χ1n) is 6.33. The summed E-state index contributed by atoms with van der Waals surface area (Å²) in [6, 6.07) is 5.62. The van der Waals surface area contributed by atoms with Gasteiger partial charge in [0.2, 0.25) is 0 Å². The summed E-state index contributed by atoms with van der Waals surface area (Å²) in [6.45, 7) is 3.92. The molecule has 0 spiro atoms. The number of aromatic nitrogens is 2. The molecule has 4 nitrogen and oxygen atoms in total. The van der Waals surface area contributed by atoms with E-state index in [1.807, 2.05) is 32.0 Å². The zero-order valence-corrected chi connectivity index (χ0v) is 11.2. The van der Waals surface area contributed by atoms with Gasteiger partial charge in [0, 0.05) is 30.6 Å². The number of aliphatic hydroxyl groups excluding tert-OH is 1. The second-order valence-corrected chi connectivity index (χ2v) is 4.70. The van der Waals surface area contributed by atoms with Gasteiger partial charge in [-0.25, -0.2) is 0 Å². The van der Waals surface area contributed by atoms with Gasteiger partial charge in [0.1, 0.15) is 5.75 Å². The summed E-state index contributed by atoms with van der Waals surface area (Å²) in [5, 5.41) is 10.2. The van der Waals surface area contributed by atoms with Crippen LogP contribution in [-0.2, 0) is 6.42 Å². The molecule has 2 rings (SSSR count). The molecule has 19 heavy (non-hydrogen) atoms. The Labute approximate surface area is 113 Å². The molecule has 2 heterocycles. The van der Waals surface area contributed by atoms with Crippen LogP contribution >= 0.6 is 0 Å². The van der Waals surface area contributed by atoms with Gasteiger partial charge < -0.3 is 9.84 Å². The highest BCUT2D eigenvalue weighted by molar-refractivity contribution is 5.26. The maximum atomic E-state index is 10.2. The van der Waals surface area contributed by atoms with E-state index in [-0.39, 0.29) is 6.10 Å². The topological polar surface area (TPSA) is 55.2 Å². The fraction of sp³-hybridized carbons (Fsp3) is 0.333. The van der Waals surface area contributed by atoms with E-state index in [0.29, 0.717) is 12.2 Å². The van der Waals surface area contributed by atoms with Crippen molar-refractivity contribution in [1.29, 1.82) is 0 Å². The van der Waals surface area contributed by atoms with Crippen molar-refractivity contribution in [2.45, 2.75) is 32.5 Å². The Morgan fingerprint density at radius 2 is 1.89 bits per heavy atom. The Morgan fingerprint density at radius 3 is 2.58 bits per heavy atom. The Bertz CT molecular complexity index is 515. The van der Waals surface area contributed by atoms with Crippen LogP contribution in [0.1, 0.15) is 31.1 Å². The molecule has 1 atom stereocenters. The zero-order valence-electron chi connectivity index (χ0n) is 11.2. The first-order valence-corrected chi connectivity index (χ1v) is 6.33. The molecule has 1 unspecified atom stereocenters. The molecule has 0 amide bonds. The molecule has 0 radical (unpaired) electrons. The van der Waals surface area contributed by atoms with E-state index in [0.717, 1.165) is 11.1 Å². The third-order valence-electron chi connectivity index (χ3n) is 2.67. The molecule has 0 aliphatic carbocycles. The van der Waals surface area contributed by atoms with Crippen molar-refractivity contribution in [3.8, 4) is 5.75 Å². The molecule has 2 aromatic rings. The molecule has 0 saturated carbocycles. The van der Waals surface area contributed by atoms with Gasteiger partial charge in [-0.15, -0.1) is 0 Å². The molecule has 4 heteroatoms. The number of pyridine rings is 2. The van der Waals surface area contributed by atoms with Crippen LogP contribution in [0, 0.1) is 0 Å². The summed E-state index contributed by atoms with van der Waals surface area (Å²) in [5.74, 6) is 0.682. The number of ether oxygens (including phenoxy) is 1. The van der Waals surface area contributed by atoms with Gasteiger partial charge in [0.25, 0.3) is 0 Å². The zero-order chi connectivity index (χ0) is 13.7. The van der Waals surface area contributed by atoms with Gasteiger partial charge in [-0.2, -0.15) is 0 Å². The number of rotatable bonds is 5. The number of nitrogens with zero attached hydrogens (tertiary/aromatic N) is 2. The lowest BCUT2D eigenvalue weighted by Gasteiger charge is -2.14. The Hall–Kier alpha value is -1.94. The fourth-order valence-corrected chi connectivity index (χ4v) is 1.81. The minimum absolute atomic E-state index is 0.0920. The van der Waals surface area contributed by atoms with Crippen LogP contribution in [0.3, 0.4) is 0 Å². The summed E-state index contributed by atoms with van der Waals surface area (Å²) >= 11 is 0. The van der Waals surface area contributed by atoms with Crippen molar-refractivity contribution in [3.63, 3.8) is 0 Å². The Kier molecular flexibility index (Phi) is 4.47. The van der Waals surface area contributed by atoms with Crippen molar-refractivity contribution >= 4 is 0 Å². The quantitative estimate of drug-likeness (QED) is 0.895. The molecule has 0 bridgehead atoms. The standard InChI is InChI=1S/C15H18N2O2/c1-11(2)19-14-8-13(9-17-10-14)15(18)7-12-3-5-16-6-4-12/h3-6,8-11,15,18H,7H2,1-2H3. The van der Waals surface area contributed by atoms with E-state index in [1.165, 1.54) is 0 Å². The van der Waals surface area contributed by atoms with Gasteiger partial charge in [-0.05, 0) is 37.6 Å². The second-order valence-electron chi connectivity index (χ2n) is 4.70. The maximum absolute atomic E-state index is 10.2. The van der Waals surface area contributed by atoms with Gasteiger partial charge in [0.05, 0.1) is 18.4 Å². The SMILES string of the molecule is CC(C)Oc1cncc(C(O)Cc2ccncc2)c1. The molecule has 2 aromatic heterocycles. The first kappa shape index (κ1) is 13.5. The molecule has 0 aromatic carbocycles. The summed E-state index contributed by atoms with van der Waals surface area (Å²) in [6.07, 6.45) is 6.80. The Balaban J connectivity index is 2.08. The lowest BCUT2D eigenvalue weighted by Crippen LogP contribution is -2.07. The van der Waals surface area contributed by atoms with E-state index >= 15 is 0 Å². The molecule has 1 N–H and O–H groups in total. The maximum Gasteiger partial charge on any atom is 0.138 e. The van der Waals surface area contributed by atoms with Crippen LogP contribution in [0.2, 0.25) is 0 Å². The van der Waals surface area contributed by atoms with E-state index < -0.39 is 6.10 Å². The molecule has 0 aliphatic heterocycles. The van der Waals surface area contributed by atoms with Gasteiger partial charge >= 0.3 is 0 Å². The molecule has 0 fully saturated rings. The smallest absolute Gasteiger partial charge is 0.138 e. The summed E-state index contributed by atoms with van der Waals surface area (Å²) in [5.41, 5.74) is 1.80. The molecular weight excluding hydrogens is 240 g/mol. The highest BCUT2D eigenvalue weighted by atomic mass is 16.5. The van der Waals surface area contributed by atoms with Crippen molar-refractivity contribution in [2.24, 2.45) is 0 Å². The highest BCUT2D eigenvalue weighted by Gasteiger charge is 2.10. The normalized spacial score (nSPS) is 12.4. The Morgan fingerprint density at radius 1 is 1.16 bits per heavy atom. The van der Waals surface area contributed by atoms with Crippen LogP contribution in [-0.4, -0.2) is 21.2 Å². The van der Waals surface area contributed by atoms with E-state index in [2.05, 4.69) is 9.97 Å². The van der Waals surface area contributed by atoms with Crippen molar-refractivity contribution in [2.75, 3.05) is 0 Å². The minimum atomic E-state index is -0.592. The molecule has 0 saturated heterocycles. The van der Waals surface area contributed by atoms with Gasteiger partial charge in [-0.1, -0.05) is 0 Å². The van der Waals surface area contributed by atoms with Crippen LogP contribution < -0.4 is 4.74 Å².